The van der Waals surface area contributed by atoms with Crippen LogP contribution in [0, 0.1) is 20.8 Å². The molecule has 0 saturated carbocycles. The highest BCUT2D eigenvalue weighted by Crippen LogP contribution is 2.63. The molecule has 146 valence electrons. The first-order chi connectivity index (χ1) is 13.2. The van der Waals surface area contributed by atoms with Crippen molar-refractivity contribution in [1.82, 2.24) is 0 Å². The largest absolute Gasteiger partial charge is 0.308 e. The van der Waals surface area contributed by atoms with Crippen LogP contribution in [0.15, 0.2) is 75.4 Å². The Morgan fingerprint density at radius 1 is 0.857 bits per heavy atom. The van der Waals surface area contributed by atoms with Crippen molar-refractivity contribution in [3.63, 3.8) is 0 Å². The molecule has 0 radical (unpaired) electrons. The first-order valence-corrected chi connectivity index (χ1v) is 12.1. The Labute approximate surface area is 168 Å². The Bertz CT molecular complexity index is 1120. The summed E-state index contributed by atoms with van der Waals surface area (Å²) in [5.74, 6) is 0. The topological polar surface area (TPSA) is 69.4 Å². The van der Waals surface area contributed by atoms with Gasteiger partial charge >= 0.3 is 10.1 Å². The van der Waals surface area contributed by atoms with Gasteiger partial charge in [0.2, 0.25) is 0 Å². The first kappa shape index (κ1) is 19.2. The molecule has 0 saturated heterocycles. The van der Waals surface area contributed by atoms with Crippen LogP contribution in [0.4, 0.5) is 0 Å². The number of hydrogen-bond donors (Lipinski definition) is 1. The van der Waals surface area contributed by atoms with E-state index < -0.39 is 20.6 Å². The molecule has 0 aliphatic carbocycles. The lowest BCUT2D eigenvalue weighted by Gasteiger charge is -2.40. The highest BCUT2D eigenvalue weighted by Gasteiger charge is 2.39. The molecule has 0 amide bonds. The van der Waals surface area contributed by atoms with Gasteiger partial charge in [0.05, 0.1) is 0 Å². The molecule has 1 heterocycles. The van der Waals surface area contributed by atoms with E-state index in [9.17, 15) is 8.42 Å². The van der Waals surface area contributed by atoms with Gasteiger partial charge in [0.15, 0.2) is 0 Å². The van der Waals surface area contributed by atoms with Crippen LogP contribution in [0.3, 0.4) is 0 Å². The van der Waals surface area contributed by atoms with Crippen molar-refractivity contribution in [1.29, 1.82) is 0 Å². The maximum Gasteiger partial charge on any atom is 0.308 e. The van der Waals surface area contributed by atoms with Gasteiger partial charge < -0.3 is 0 Å². The number of hydrogen-bond acceptors (Lipinski definition) is 4. The second-order valence-corrected chi connectivity index (χ2v) is 11.2. The van der Waals surface area contributed by atoms with Gasteiger partial charge in [0.25, 0.3) is 0 Å². The maximum atomic E-state index is 13.4. The average Bonchev–Trinajstić information content (AvgIpc) is 2.60. The molecule has 2 N–H and O–H groups in total. The van der Waals surface area contributed by atoms with Gasteiger partial charge in [-0.25, -0.2) is 0 Å². The number of aryl methyl sites for hydroxylation is 3. The molecule has 3 aromatic carbocycles. The van der Waals surface area contributed by atoms with Gasteiger partial charge in [-0.2, -0.15) is 12.0 Å². The lowest BCUT2D eigenvalue weighted by molar-refractivity contribution is 0.506. The van der Waals surface area contributed by atoms with Crippen LogP contribution in [0.2, 0.25) is 0 Å². The van der Waals surface area contributed by atoms with E-state index in [-0.39, 0.29) is 4.90 Å². The quantitative estimate of drug-likeness (QED) is 0.661. The number of fused-ring (bicyclic) bond motifs is 2. The summed E-state index contributed by atoms with van der Waals surface area (Å²) in [5, 5.41) is 6.82. The molecule has 0 aromatic heterocycles. The Balaban J connectivity index is 1.91. The molecule has 0 atom stereocenters. The fraction of sp³-hybridized carbons (Fsp3) is 0.182. The lowest BCUT2D eigenvalue weighted by atomic mass is 10.0. The van der Waals surface area contributed by atoms with Crippen LogP contribution < -0.4 is 5.14 Å². The molecule has 0 bridgehead atoms. The van der Waals surface area contributed by atoms with Gasteiger partial charge in [-0.05, 0) is 72.1 Å². The van der Waals surface area contributed by atoms with Crippen molar-refractivity contribution in [3.05, 3.63) is 88.5 Å². The fourth-order valence-electron chi connectivity index (χ4n) is 4.02. The molecule has 3 aromatic rings. The van der Waals surface area contributed by atoms with Gasteiger partial charge in [-0.3, -0.25) is 5.14 Å². The summed E-state index contributed by atoms with van der Waals surface area (Å²) in [4.78, 5) is 1.73. The Hall–Kier alpha value is -2.12. The third-order valence-corrected chi connectivity index (χ3v) is 9.85. The molecule has 6 heteroatoms. The number of rotatable bonds is 3. The minimum absolute atomic E-state index is 0.205. The Kier molecular flexibility index (Phi) is 4.62. The van der Waals surface area contributed by atoms with Crippen LogP contribution in [0.1, 0.15) is 27.8 Å². The molecular weight excluding hydrogens is 390 g/mol. The van der Waals surface area contributed by atoms with Crippen molar-refractivity contribution in [3.8, 4) is 0 Å². The summed E-state index contributed by atoms with van der Waals surface area (Å²) in [5.41, 5.74) is 4.35. The predicted octanol–water partition coefficient (Wildman–Crippen LogP) is 4.93. The van der Waals surface area contributed by atoms with E-state index in [1.807, 2.05) is 67.6 Å². The first-order valence-electron chi connectivity index (χ1n) is 9.03. The summed E-state index contributed by atoms with van der Waals surface area (Å²) in [6.07, 6.45) is 0.713. The van der Waals surface area contributed by atoms with E-state index in [1.54, 1.807) is 13.8 Å². The van der Waals surface area contributed by atoms with Gasteiger partial charge in [-0.1, -0.05) is 54.1 Å². The molecular formula is C22H23NO3S2. The highest BCUT2D eigenvalue weighted by atomic mass is 32.3. The average molecular weight is 414 g/mol. The standard InChI is InChI=1S/C22H23NO3S2/c1-15-12-16(2)22(17(3)13-15)28(24,25)26-27(23)20-10-6-4-8-18(20)14-19-9-5-7-11-21(19)27/h4-13H,14,23H2,1-3H3. The second-order valence-electron chi connectivity index (χ2n) is 7.24. The minimum Gasteiger partial charge on any atom is -0.266 e. The van der Waals surface area contributed by atoms with E-state index in [0.717, 1.165) is 26.5 Å². The summed E-state index contributed by atoms with van der Waals surface area (Å²) < 4.78 is 32.7. The van der Waals surface area contributed by atoms with E-state index in [4.69, 9.17) is 8.77 Å². The van der Waals surface area contributed by atoms with E-state index >= 15 is 0 Å². The third-order valence-electron chi connectivity index (χ3n) is 5.03. The van der Waals surface area contributed by atoms with Crippen molar-refractivity contribution in [2.45, 2.75) is 41.9 Å². The molecule has 0 spiro atoms. The molecule has 4 nitrogen and oxygen atoms in total. The summed E-state index contributed by atoms with van der Waals surface area (Å²) in [6.45, 7) is 5.52. The molecule has 0 unspecified atom stereocenters. The zero-order valence-electron chi connectivity index (χ0n) is 16.1. The molecule has 28 heavy (non-hydrogen) atoms. The van der Waals surface area contributed by atoms with Crippen LogP contribution in [0.25, 0.3) is 0 Å². The second kappa shape index (κ2) is 6.74. The van der Waals surface area contributed by atoms with Crippen molar-refractivity contribution in [2.75, 3.05) is 0 Å². The Morgan fingerprint density at radius 2 is 1.32 bits per heavy atom. The van der Waals surface area contributed by atoms with Crippen molar-refractivity contribution in [2.24, 2.45) is 5.14 Å². The molecule has 1 aliphatic rings. The van der Waals surface area contributed by atoms with Crippen LogP contribution in [-0.4, -0.2) is 8.42 Å². The van der Waals surface area contributed by atoms with Crippen LogP contribution >= 0.6 is 10.5 Å². The van der Waals surface area contributed by atoms with E-state index in [0.29, 0.717) is 17.5 Å². The monoisotopic (exact) mass is 413 g/mol. The van der Waals surface area contributed by atoms with Crippen LogP contribution in [0.5, 0.6) is 0 Å². The van der Waals surface area contributed by atoms with E-state index in [2.05, 4.69) is 0 Å². The molecule has 1 aliphatic heterocycles. The zero-order valence-corrected chi connectivity index (χ0v) is 17.7. The zero-order chi connectivity index (χ0) is 20.1. The fourth-order valence-corrected chi connectivity index (χ4v) is 8.78. The van der Waals surface area contributed by atoms with E-state index in [1.165, 1.54) is 0 Å². The van der Waals surface area contributed by atoms with Crippen molar-refractivity contribution < 1.29 is 12.0 Å². The van der Waals surface area contributed by atoms with Gasteiger partial charge in [0.1, 0.15) is 4.90 Å². The predicted molar refractivity (Wildman–Crippen MR) is 113 cm³/mol. The highest BCUT2D eigenvalue weighted by molar-refractivity contribution is 8.31. The molecule has 4 rings (SSSR count). The van der Waals surface area contributed by atoms with Crippen LogP contribution in [-0.2, 0) is 20.2 Å². The maximum absolute atomic E-state index is 13.4. The minimum atomic E-state index is -4.07. The summed E-state index contributed by atoms with van der Waals surface area (Å²) in [6, 6.07) is 19.1. The van der Waals surface area contributed by atoms with Gasteiger partial charge in [-0.15, -0.1) is 0 Å². The number of nitrogens with two attached hydrogens (primary N) is 1. The van der Waals surface area contributed by atoms with Crippen molar-refractivity contribution >= 4 is 20.6 Å². The number of benzene rings is 3. The summed E-state index contributed by atoms with van der Waals surface area (Å²) >= 11 is 0. The third kappa shape index (κ3) is 3.06. The Morgan fingerprint density at radius 3 is 1.82 bits per heavy atom. The molecule has 0 fully saturated rings. The van der Waals surface area contributed by atoms with Gasteiger partial charge in [0, 0.05) is 9.79 Å². The smallest absolute Gasteiger partial charge is 0.266 e. The normalized spacial score (nSPS) is 16.1. The lowest BCUT2D eigenvalue weighted by Crippen LogP contribution is -2.25. The summed E-state index contributed by atoms with van der Waals surface area (Å²) in [7, 11) is -6.77. The SMILES string of the molecule is Cc1cc(C)c(S(=O)(=O)OS2(N)c3ccccc3Cc3ccccc32)c(C)c1.